The molecule has 1 heterocycles. The second-order valence-electron chi connectivity index (χ2n) is 3.93. The van der Waals surface area contributed by atoms with Crippen LogP contribution in [-0.4, -0.2) is 28.4 Å². The number of rotatable bonds is 2. The summed E-state index contributed by atoms with van der Waals surface area (Å²) in [5, 5.41) is 9.00. The lowest BCUT2D eigenvalue weighted by molar-refractivity contribution is 0.192. The molecule has 100 valence electrons. The van der Waals surface area contributed by atoms with Crippen LogP contribution in [0.5, 0.6) is 0 Å². The van der Waals surface area contributed by atoms with E-state index in [0.29, 0.717) is 16.7 Å². The quantitative estimate of drug-likeness (QED) is 0.730. The topological polar surface area (TPSA) is 68.8 Å². The number of halogens is 1. The van der Waals surface area contributed by atoms with Crippen molar-refractivity contribution in [1.82, 2.24) is 15.9 Å². The molecule has 1 aliphatic rings. The first-order valence-electron chi connectivity index (χ1n) is 5.48. The van der Waals surface area contributed by atoms with E-state index in [1.54, 1.807) is 18.2 Å². The largest absolute Gasteiger partial charge is 0.356 e. The highest BCUT2D eigenvalue weighted by Gasteiger charge is 2.19. The number of carbonyl (C=O) groups excluding carboxylic acids is 1. The maximum Gasteiger partial charge on any atom is 0.356 e. The van der Waals surface area contributed by atoms with Crippen LogP contribution in [0.3, 0.4) is 0 Å². The first-order valence-corrected chi connectivity index (χ1v) is 6.27. The average molecular weight is 298 g/mol. The zero-order valence-electron chi connectivity index (χ0n) is 10.1. The number of hydrogen-bond donors (Lipinski definition) is 3. The molecule has 0 aliphatic carbocycles. The third-order valence-electron chi connectivity index (χ3n) is 2.29. The van der Waals surface area contributed by atoms with Crippen molar-refractivity contribution in [2.45, 2.75) is 6.92 Å². The van der Waals surface area contributed by atoms with Gasteiger partial charge in [0.05, 0.1) is 12.3 Å². The van der Waals surface area contributed by atoms with E-state index in [4.69, 9.17) is 23.8 Å². The number of hydrazone groups is 1. The molecule has 1 aliphatic heterocycles. The number of nitrogens with one attached hydrogen (secondary N) is 3. The van der Waals surface area contributed by atoms with Gasteiger partial charge in [0.25, 0.3) is 0 Å². The highest BCUT2D eigenvalue weighted by molar-refractivity contribution is 7.80. The summed E-state index contributed by atoms with van der Waals surface area (Å²) < 4.78 is 0. The van der Waals surface area contributed by atoms with Gasteiger partial charge in [0.15, 0.2) is 5.11 Å². The van der Waals surface area contributed by atoms with Crippen LogP contribution >= 0.6 is 23.8 Å². The van der Waals surface area contributed by atoms with Gasteiger partial charge >= 0.3 is 6.03 Å². The summed E-state index contributed by atoms with van der Waals surface area (Å²) in [6, 6.07) is 6.76. The Labute approximate surface area is 120 Å². The van der Waals surface area contributed by atoms with Crippen LogP contribution in [-0.2, 0) is 0 Å². The van der Waals surface area contributed by atoms with E-state index in [1.165, 1.54) is 5.01 Å². The Hall–Kier alpha value is -1.86. The third-order valence-corrected chi connectivity index (χ3v) is 2.72. The molecular weight excluding hydrogens is 286 g/mol. The molecule has 0 aromatic heterocycles. The second-order valence-corrected chi connectivity index (χ2v) is 4.77. The predicted octanol–water partition coefficient (Wildman–Crippen LogP) is 1.94. The van der Waals surface area contributed by atoms with Gasteiger partial charge in [-0.1, -0.05) is 17.7 Å². The fraction of sp³-hybridized carbons (Fsp3) is 0.182. The molecule has 0 saturated carbocycles. The Morgan fingerprint density at radius 1 is 1.58 bits per heavy atom. The van der Waals surface area contributed by atoms with Crippen LogP contribution in [0.4, 0.5) is 10.5 Å². The van der Waals surface area contributed by atoms with E-state index in [2.05, 4.69) is 21.3 Å². The Balaban J connectivity index is 1.94. The SMILES string of the molecule is CC1=NNC(=O)N(NC(=S)Nc2cccc(Cl)c2)C1. The van der Waals surface area contributed by atoms with E-state index in [1.807, 2.05) is 13.0 Å². The molecule has 3 N–H and O–H groups in total. The maximum atomic E-state index is 11.5. The van der Waals surface area contributed by atoms with Crippen LogP contribution in [0.25, 0.3) is 0 Å². The van der Waals surface area contributed by atoms with Crippen LogP contribution in [0.15, 0.2) is 29.4 Å². The van der Waals surface area contributed by atoms with Gasteiger partial charge in [0.2, 0.25) is 0 Å². The second kappa shape index (κ2) is 5.85. The smallest absolute Gasteiger partial charge is 0.331 e. The van der Waals surface area contributed by atoms with Gasteiger partial charge in [-0.15, -0.1) is 0 Å². The highest BCUT2D eigenvalue weighted by atomic mass is 35.5. The Morgan fingerprint density at radius 3 is 3.11 bits per heavy atom. The molecule has 0 fully saturated rings. The Morgan fingerprint density at radius 2 is 2.37 bits per heavy atom. The Kier molecular flexibility index (Phi) is 4.18. The van der Waals surface area contributed by atoms with Gasteiger partial charge in [-0.25, -0.2) is 15.2 Å². The molecule has 0 saturated heterocycles. The van der Waals surface area contributed by atoms with E-state index in [-0.39, 0.29) is 6.03 Å². The van der Waals surface area contributed by atoms with Crippen LogP contribution in [0, 0.1) is 0 Å². The monoisotopic (exact) mass is 297 g/mol. The van der Waals surface area contributed by atoms with Crippen LogP contribution in [0.1, 0.15) is 6.92 Å². The third kappa shape index (κ3) is 3.80. The van der Waals surface area contributed by atoms with Gasteiger partial charge in [-0.05, 0) is 37.3 Å². The number of hydrazine groups is 1. The molecule has 6 nitrogen and oxygen atoms in total. The van der Waals surface area contributed by atoms with Crippen LogP contribution in [0.2, 0.25) is 5.02 Å². The van der Waals surface area contributed by atoms with E-state index in [9.17, 15) is 4.79 Å². The van der Waals surface area contributed by atoms with Gasteiger partial charge in [0, 0.05) is 10.7 Å². The van der Waals surface area contributed by atoms with Crippen molar-refractivity contribution in [3.63, 3.8) is 0 Å². The zero-order valence-corrected chi connectivity index (χ0v) is 11.7. The summed E-state index contributed by atoms with van der Waals surface area (Å²) in [5.74, 6) is 0. The van der Waals surface area contributed by atoms with E-state index < -0.39 is 0 Å². The number of urea groups is 1. The lowest BCUT2D eigenvalue weighted by atomic mass is 10.3. The number of anilines is 1. The van der Waals surface area contributed by atoms with E-state index >= 15 is 0 Å². The van der Waals surface area contributed by atoms with Crippen molar-refractivity contribution in [2.24, 2.45) is 5.10 Å². The number of nitrogens with zero attached hydrogens (tertiary/aromatic N) is 2. The fourth-order valence-electron chi connectivity index (χ4n) is 1.48. The standard InChI is InChI=1S/C11H12ClN5OS/c1-7-6-17(11(18)15-14-7)16-10(19)13-9-4-2-3-8(12)5-9/h2-5H,6H2,1H3,(H,15,18)(H2,13,16,19). The first-order chi connectivity index (χ1) is 9.04. The van der Waals surface area contributed by atoms with E-state index in [0.717, 1.165) is 11.4 Å². The van der Waals surface area contributed by atoms with Crippen LogP contribution < -0.4 is 16.2 Å². The summed E-state index contributed by atoms with van der Waals surface area (Å²) in [4.78, 5) is 11.5. The molecule has 0 spiro atoms. The summed E-state index contributed by atoms with van der Waals surface area (Å²) in [6.07, 6.45) is 0. The molecule has 8 heteroatoms. The molecule has 1 aromatic carbocycles. The van der Waals surface area contributed by atoms with Crippen molar-refractivity contribution in [3.8, 4) is 0 Å². The average Bonchev–Trinajstić information content (AvgIpc) is 2.34. The molecule has 19 heavy (non-hydrogen) atoms. The minimum absolute atomic E-state index is 0.298. The van der Waals surface area contributed by atoms with Crippen molar-refractivity contribution < 1.29 is 4.79 Å². The first kappa shape index (κ1) is 13.6. The molecule has 0 unspecified atom stereocenters. The number of hydrogen-bond acceptors (Lipinski definition) is 3. The number of thiocarbonyl (C=S) groups is 1. The van der Waals surface area contributed by atoms with Crippen molar-refractivity contribution in [3.05, 3.63) is 29.3 Å². The highest BCUT2D eigenvalue weighted by Crippen LogP contribution is 2.14. The Bertz CT molecular complexity index is 548. The van der Waals surface area contributed by atoms with Gasteiger partial charge in [0.1, 0.15) is 0 Å². The number of benzene rings is 1. The lowest BCUT2D eigenvalue weighted by Gasteiger charge is -2.27. The van der Waals surface area contributed by atoms with Crippen molar-refractivity contribution in [2.75, 3.05) is 11.9 Å². The zero-order chi connectivity index (χ0) is 13.8. The molecule has 0 bridgehead atoms. The molecule has 0 radical (unpaired) electrons. The molecule has 0 atom stereocenters. The van der Waals surface area contributed by atoms with Gasteiger partial charge in [-0.2, -0.15) is 5.10 Å². The lowest BCUT2D eigenvalue weighted by Crippen LogP contribution is -2.55. The normalized spacial score (nSPS) is 14.5. The summed E-state index contributed by atoms with van der Waals surface area (Å²) in [7, 11) is 0. The van der Waals surface area contributed by atoms with Gasteiger partial charge in [-0.3, -0.25) is 5.43 Å². The maximum absolute atomic E-state index is 11.5. The summed E-state index contributed by atoms with van der Waals surface area (Å²) in [5.41, 5.74) is 6.67. The fourth-order valence-corrected chi connectivity index (χ4v) is 1.90. The molecule has 2 amide bonds. The summed E-state index contributed by atoms with van der Waals surface area (Å²) >= 11 is 11.0. The van der Waals surface area contributed by atoms with Gasteiger partial charge < -0.3 is 5.32 Å². The molecule has 1 aromatic rings. The van der Waals surface area contributed by atoms with Crippen molar-refractivity contribution in [1.29, 1.82) is 0 Å². The minimum atomic E-state index is -0.360. The molecular formula is C11H12ClN5OS. The predicted molar refractivity (Wildman–Crippen MR) is 79.2 cm³/mol. The van der Waals surface area contributed by atoms with Crippen molar-refractivity contribution >= 4 is 46.4 Å². The molecule has 2 rings (SSSR count). The summed E-state index contributed by atoms with van der Waals surface area (Å²) in [6.45, 7) is 2.17. The number of carbonyl (C=O) groups is 1. The number of amides is 2. The minimum Gasteiger partial charge on any atom is -0.331 e.